The van der Waals surface area contributed by atoms with Gasteiger partial charge >= 0.3 is 0 Å². The second-order valence-electron chi connectivity index (χ2n) is 3.36. The van der Waals surface area contributed by atoms with Gasteiger partial charge in [-0.2, -0.15) is 5.10 Å². The molecule has 1 rings (SSSR count). The van der Waals surface area contributed by atoms with Gasteiger partial charge in [-0.15, -0.1) is 0 Å². The minimum atomic E-state index is 0.0132. The highest BCUT2D eigenvalue weighted by molar-refractivity contribution is 5.98. The molecule has 0 aliphatic carbocycles. The zero-order valence-electron chi connectivity index (χ0n) is 9.07. The van der Waals surface area contributed by atoms with E-state index >= 15 is 0 Å². The summed E-state index contributed by atoms with van der Waals surface area (Å²) in [7, 11) is 3.29. The van der Waals surface area contributed by atoms with Crippen LogP contribution in [0.1, 0.15) is 30.8 Å². The molecule has 4 heteroatoms. The molecular formula is C10H16N2O2. The van der Waals surface area contributed by atoms with Gasteiger partial charge in [-0.3, -0.25) is 9.48 Å². The molecule has 1 aromatic rings. The highest BCUT2D eigenvalue weighted by Crippen LogP contribution is 2.21. The molecule has 0 spiro atoms. The molecule has 0 saturated heterocycles. The lowest BCUT2D eigenvalue weighted by molar-refractivity contribution is 0.0914. The summed E-state index contributed by atoms with van der Waals surface area (Å²) in [6.07, 6.45) is 2.39. The fraction of sp³-hybridized carbons (Fsp3) is 0.600. The smallest absolute Gasteiger partial charge is 0.187 e. The Labute approximate surface area is 83.9 Å². The number of aryl methyl sites for hydroxylation is 1. The van der Waals surface area contributed by atoms with Crippen LogP contribution in [0.3, 0.4) is 0 Å². The Bertz CT molecular complexity index is 331. The van der Waals surface area contributed by atoms with Crippen LogP contribution in [0.4, 0.5) is 0 Å². The van der Waals surface area contributed by atoms with Crippen LogP contribution in [0.2, 0.25) is 0 Å². The molecule has 0 bridgehead atoms. The highest BCUT2D eigenvalue weighted by atomic mass is 16.5. The van der Waals surface area contributed by atoms with Gasteiger partial charge in [0.1, 0.15) is 5.69 Å². The average molecular weight is 196 g/mol. The van der Waals surface area contributed by atoms with Crippen LogP contribution in [0.25, 0.3) is 0 Å². The molecule has 0 aliphatic heterocycles. The molecule has 0 saturated carbocycles. The zero-order chi connectivity index (χ0) is 10.7. The Morgan fingerprint density at radius 1 is 1.71 bits per heavy atom. The van der Waals surface area contributed by atoms with E-state index in [0.29, 0.717) is 11.4 Å². The zero-order valence-corrected chi connectivity index (χ0v) is 9.07. The molecule has 0 N–H and O–H groups in total. The topological polar surface area (TPSA) is 44.1 Å². The minimum Gasteiger partial charge on any atom is -0.493 e. The van der Waals surface area contributed by atoms with Gasteiger partial charge in [-0.1, -0.05) is 13.8 Å². The number of carbonyl (C=O) groups excluding carboxylic acids is 1. The summed E-state index contributed by atoms with van der Waals surface area (Å²) in [5, 5.41) is 4.00. The van der Waals surface area contributed by atoms with Crippen LogP contribution < -0.4 is 4.74 Å². The number of carbonyl (C=O) groups is 1. The maximum atomic E-state index is 11.9. The third-order valence-corrected chi connectivity index (χ3v) is 2.42. The van der Waals surface area contributed by atoms with Crippen molar-refractivity contribution in [2.24, 2.45) is 13.0 Å². The van der Waals surface area contributed by atoms with Crippen molar-refractivity contribution in [2.75, 3.05) is 7.11 Å². The Morgan fingerprint density at radius 3 is 2.86 bits per heavy atom. The second-order valence-corrected chi connectivity index (χ2v) is 3.36. The van der Waals surface area contributed by atoms with Gasteiger partial charge in [0, 0.05) is 13.0 Å². The van der Waals surface area contributed by atoms with E-state index in [0.717, 1.165) is 6.42 Å². The molecule has 0 aromatic carbocycles. The molecule has 1 heterocycles. The highest BCUT2D eigenvalue weighted by Gasteiger charge is 2.21. The van der Waals surface area contributed by atoms with E-state index in [1.165, 1.54) is 0 Å². The molecule has 1 aromatic heterocycles. The first-order valence-electron chi connectivity index (χ1n) is 4.72. The third-order valence-electron chi connectivity index (χ3n) is 2.42. The first kappa shape index (κ1) is 10.8. The van der Waals surface area contributed by atoms with E-state index in [4.69, 9.17) is 4.74 Å². The summed E-state index contributed by atoms with van der Waals surface area (Å²) in [5.74, 6) is 0.654. The molecule has 0 radical (unpaired) electrons. The van der Waals surface area contributed by atoms with Crippen molar-refractivity contribution >= 4 is 5.78 Å². The van der Waals surface area contributed by atoms with E-state index in [9.17, 15) is 4.79 Å². The van der Waals surface area contributed by atoms with E-state index in [-0.39, 0.29) is 11.7 Å². The van der Waals surface area contributed by atoms with Crippen molar-refractivity contribution in [1.29, 1.82) is 0 Å². The predicted molar refractivity (Wildman–Crippen MR) is 53.5 cm³/mol. The first-order chi connectivity index (χ1) is 6.61. The lowest BCUT2D eigenvalue weighted by atomic mass is 10.0. The van der Waals surface area contributed by atoms with Crippen LogP contribution in [0.5, 0.6) is 5.75 Å². The van der Waals surface area contributed by atoms with Gasteiger partial charge in [0.15, 0.2) is 11.5 Å². The summed E-state index contributed by atoms with van der Waals surface area (Å²) in [4.78, 5) is 11.9. The molecule has 1 atom stereocenters. The van der Waals surface area contributed by atoms with Gasteiger partial charge in [0.25, 0.3) is 0 Å². The normalized spacial score (nSPS) is 12.6. The maximum absolute atomic E-state index is 11.9. The lowest BCUT2D eigenvalue weighted by Gasteiger charge is -2.08. The van der Waals surface area contributed by atoms with Crippen molar-refractivity contribution < 1.29 is 9.53 Å². The van der Waals surface area contributed by atoms with E-state index in [1.807, 2.05) is 13.8 Å². The SMILES string of the molecule is CCC(C)C(=O)c1c(OC)cnn1C. The molecule has 0 amide bonds. The molecule has 0 fully saturated rings. The third kappa shape index (κ3) is 1.78. The minimum absolute atomic E-state index is 0.0132. The van der Waals surface area contributed by atoms with Crippen molar-refractivity contribution in [3.05, 3.63) is 11.9 Å². The Hall–Kier alpha value is -1.32. The van der Waals surface area contributed by atoms with Gasteiger partial charge in [-0.05, 0) is 6.42 Å². The summed E-state index contributed by atoms with van der Waals surface area (Å²) in [6, 6.07) is 0. The number of nitrogens with zero attached hydrogens (tertiary/aromatic N) is 2. The number of methoxy groups -OCH3 is 1. The fourth-order valence-electron chi connectivity index (χ4n) is 1.27. The predicted octanol–water partition coefficient (Wildman–Crippen LogP) is 1.66. The number of ether oxygens (including phenoxy) is 1. The monoisotopic (exact) mass is 196 g/mol. The van der Waals surface area contributed by atoms with Gasteiger partial charge in [0.05, 0.1) is 13.3 Å². The number of ketones is 1. The van der Waals surface area contributed by atoms with E-state index in [2.05, 4.69) is 5.10 Å². The molecule has 78 valence electrons. The molecular weight excluding hydrogens is 180 g/mol. The average Bonchev–Trinajstić information content (AvgIpc) is 2.57. The summed E-state index contributed by atoms with van der Waals surface area (Å²) < 4.78 is 6.64. The Kier molecular flexibility index (Phi) is 3.28. The quantitative estimate of drug-likeness (QED) is 0.688. The summed E-state index contributed by atoms with van der Waals surface area (Å²) in [5.41, 5.74) is 0.557. The van der Waals surface area contributed by atoms with Crippen LogP contribution in [0, 0.1) is 5.92 Å². The standard InChI is InChI=1S/C10H16N2O2/c1-5-7(2)10(13)9-8(14-4)6-11-12(9)3/h6-7H,5H2,1-4H3. The first-order valence-corrected chi connectivity index (χ1v) is 4.72. The van der Waals surface area contributed by atoms with Crippen molar-refractivity contribution in [2.45, 2.75) is 20.3 Å². The number of aromatic nitrogens is 2. The fourth-order valence-corrected chi connectivity index (χ4v) is 1.27. The Balaban J connectivity index is 3.04. The van der Waals surface area contributed by atoms with Crippen LogP contribution in [0.15, 0.2) is 6.20 Å². The van der Waals surface area contributed by atoms with Gasteiger partial charge < -0.3 is 4.74 Å². The summed E-state index contributed by atoms with van der Waals surface area (Å²) in [6.45, 7) is 3.90. The number of Topliss-reactive ketones (excluding diaryl/α,β-unsaturated/α-hetero) is 1. The molecule has 1 unspecified atom stereocenters. The van der Waals surface area contributed by atoms with Gasteiger partial charge in [0.2, 0.25) is 0 Å². The van der Waals surface area contributed by atoms with Crippen molar-refractivity contribution in [3.8, 4) is 5.75 Å². The molecule has 14 heavy (non-hydrogen) atoms. The van der Waals surface area contributed by atoms with Gasteiger partial charge in [-0.25, -0.2) is 0 Å². The van der Waals surface area contributed by atoms with E-state index < -0.39 is 0 Å². The summed E-state index contributed by atoms with van der Waals surface area (Å²) >= 11 is 0. The largest absolute Gasteiger partial charge is 0.493 e. The van der Waals surface area contributed by atoms with Crippen LogP contribution >= 0.6 is 0 Å². The van der Waals surface area contributed by atoms with Crippen molar-refractivity contribution in [1.82, 2.24) is 9.78 Å². The lowest BCUT2D eigenvalue weighted by Crippen LogP contribution is -2.15. The Morgan fingerprint density at radius 2 is 2.36 bits per heavy atom. The van der Waals surface area contributed by atoms with Crippen LogP contribution in [-0.4, -0.2) is 22.7 Å². The number of hydrogen-bond donors (Lipinski definition) is 0. The second kappa shape index (κ2) is 4.26. The molecule has 0 aliphatic rings. The van der Waals surface area contributed by atoms with Crippen molar-refractivity contribution in [3.63, 3.8) is 0 Å². The number of hydrogen-bond acceptors (Lipinski definition) is 3. The number of rotatable bonds is 4. The van der Waals surface area contributed by atoms with E-state index in [1.54, 1.807) is 25.0 Å². The maximum Gasteiger partial charge on any atom is 0.187 e. The van der Waals surface area contributed by atoms with Crippen LogP contribution in [-0.2, 0) is 7.05 Å². The molecule has 4 nitrogen and oxygen atoms in total.